The number of halogens is 2. The van der Waals surface area contributed by atoms with Crippen LogP contribution in [0.5, 0.6) is 0 Å². The summed E-state index contributed by atoms with van der Waals surface area (Å²) in [5.41, 5.74) is 0.905. The van der Waals surface area contributed by atoms with E-state index in [1.807, 2.05) is 4.90 Å². The Morgan fingerprint density at radius 2 is 1.65 bits per heavy atom. The maximum atomic E-state index is 14.3. The number of sulfone groups is 1. The topological polar surface area (TPSA) is 57.7 Å². The van der Waals surface area contributed by atoms with Gasteiger partial charge in [0, 0.05) is 43.0 Å². The van der Waals surface area contributed by atoms with E-state index in [0.717, 1.165) is 12.3 Å². The lowest BCUT2D eigenvalue weighted by Gasteiger charge is -2.36. The van der Waals surface area contributed by atoms with Crippen molar-refractivity contribution in [2.75, 3.05) is 37.3 Å². The number of nitrogens with zero attached hydrogens (tertiary/aromatic N) is 2. The molecule has 5 nitrogen and oxygen atoms in total. The summed E-state index contributed by atoms with van der Waals surface area (Å²) in [6.07, 6.45) is 1.04. The second-order valence-electron chi connectivity index (χ2n) is 6.17. The average molecular weight is 397 g/mol. The minimum Gasteiger partial charge on any atom is -0.366 e. The SMILES string of the molecule is CS(=O)(=O)c1ccc(N2CCN(C(=O)c3ccc(Cl)cc3)CC2)c(F)c1. The van der Waals surface area contributed by atoms with Crippen LogP contribution in [0.3, 0.4) is 0 Å². The molecule has 0 radical (unpaired) electrons. The molecule has 0 aromatic heterocycles. The molecule has 0 atom stereocenters. The minimum atomic E-state index is -3.45. The van der Waals surface area contributed by atoms with Crippen molar-refractivity contribution >= 4 is 33.0 Å². The molecule has 2 aromatic carbocycles. The summed E-state index contributed by atoms with van der Waals surface area (Å²) in [7, 11) is -3.45. The van der Waals surface area contributed by atoms with Crippen molar-refractivity contribution in [3.05, 3.63) is 58.9 Å². The van der Waals surface area contributed by atoms with Crippen LogP contribution in [0, 0.1) is 5.82 Å². The third kappa shape index (κ3) is 3.99. The fraction of sp³-hybridized carbons (Fsp3) is 0.278. The number of carbonyl (C=O) groups excluding carboxylic acids is 1. The molecule has 0 unspecified atom stereocenters. The van der Waals surface area contributed by atoms with E-state index in [0.29, 0.717) is 42.5 Å². The molecule has 0 spiro atoms. The monoisotopic (exact) mass is 396 g/mol. The van der Waals surface area contributed by atoms with Crippen LogP contribution in [0.25, 0.3) is 0 Å². The highest BCUT2D eigenvalue weighted by Crippen LogP contribution is 2.24. The van der Waals surface area contributed by atoms with E-state index in [2.05, 4.69) is 0 Å². The third-order valence-corrected chi connectivity index (χ3v) is 5.71. The molecule has 1 fully saturated rings. The summed E-state index contributed by atoms with van der Waals surface area (Å²) >= 11 is 5.84. The van der Waals surface area contributed by atoms with Crippen LogP contribution in [0.15, 0.2) is 47.4 Å². The van der Waals surface area contributed by atoms with Gasteiger partial charge in [-0.15, -0.1) is 0 Å². The minimum absolute atomic E-state index is 0.0460. The molecule has 3 rings (SSSR count). The summed E-state index contributed by atoms with van der Waals surface area (Å²) in [6, 6.07) is 10.6. The second kappa shape index (κ2) is 7.25. The number of hydrogen-bond donors (Lipinski definition) is 0. The Balaban J connectivity index is 1.69. The molecule has 1 aliphatic rings. The third-order valence-electron chi connectivity index (χ3n) is 4.35. The summed E-state index contributed by atoms with van der Waals surface area (Å²) in [6.45, 7) is 1.84. The molecule has 1 aliphatic heterocycles. The molecule has 1 saturated heterocycles. The Labute approximate surface area is 156 Å². The Morgan fingerprint density at radius 3 is 2.19 bits per heavy atom. The molecule has 2 aromatic rings. The van der Waals surface area contributed by atoms with E-state index in [4.69, 9.17) is 11.6 Å². The maximum Gasteiger partial charge on any atom is 0.253 e. The quantitative estimate of drug-likeness (QED) is 0.800. The zero-order chi connectivity index (χ0) is 18.9. The molecule has 0 aliphatic carbocycles. The molecular formula is C18H18ClFN2O3S. The van der Waals surface area contributed by atoms with Crippen LogP contribution in [0.1, 0.15) is 10.4 Å². The molecule has 1 amide bonds. The molecule has 8 heteroatoms. The predicted molar refractivity (Wildman–Crippen MR) is 99.1 cm³/mol. The standard InChI is InChI=1S/C18H18ClFN2O3S/c1-26(24,25)15-6-7-17(16(20)12-15)21-8-10-22(11-9-21)18(23)13-2-4-14(19)5-3-13/h2-7,12H,8-11H2,1H3. The number of amides is 1. The largest absolute Gasteiger partial charge is 0.366 e. The molecule has 138 valence electrons. The normalized spacial score (nSPS) is 15.2. The van der Waals surface area contributed by atoms with Gasteiger partial charge >= 0.3 is 0 Å². The lowest BCUT2D eigenvalue weighted by Crippen LogP contribution is -2.49. The van der Waals surface area contributed by atoms with Crippen LogP contribution < -0.4 is 4.90 Å². The van der Waals surface area contributed by atoms with Gasteiger partial charge in [0.1, 0.15) is 5.82 Å². The maximum absolute atomic E-state index is 14.3. The van der Waals surface area contributed by atoms with E-state index < -0.39 is 15.7 Å². The van der Waals surface area contributed by atoms with E-state index in [-0.39, 0.29) is 10.8 Å². The van der Waals surface area contributed by atoms with Crippen molar-refractivity contribution in [2.24, 2.45) is 0 Å². The van der Waals surface area contributed by atoms with E-state index in [1.165, 1.54) is 12.1 Å². The van der Waals surface area contributed by atoms with Crippen LogP contribution in [-0.4, -0.2) is 51.7 Å². The average Bonchev–Trinajstić information content (AvgIpc) is 2.61. The number of anilines is 1. The fourth-order valence-corrected chi connectivity index (χ4v) is 3.66. The van der Waals surface area contributed by atoms with Gasteiger partial charge in [0.15, 0.2) is 9.84 Å². The molecule has 0 N–H and O–H groups in total. The van der Waals surface area contributed by atoms with Crippen LogP contribution in [-0.2, 0) is 9.84 Å². The zero-order valence-electron chi connectivity index (χ0n) is 14.2. The highest BCUT2D eigenvalue weighted by molar-refractivity contribution is 7.90. The van der Waals surface area contributed by atoms with Crippen molar-refractivity contribution in [1.82, 2.24) is 4.90 Å². The molecular weight excluding hydrogens is 379 g/mol. The van der Waals surface area contributed by atoms with Gasteiger partial charge in [0.2, 0.25) is 0 Å². The van der Waals surface area contributed by atoms with E-state index in [9.17, 15) is 17.6 Å². The van der Waals surface area contributed by atoms with Gasteiger partial charge in [-0.1, -0.05) is 11.6 Å². The Bertz CT molecular complexity index is 924. The lowest BCUT2D eigenvalue weighted by atomic mass is 10.1. The fourth-order valence-electron chi connectivity index (χ4n) is 2.90. The Kier molecular flexibility index (Phi) is 5.20. The van der Waals surface area contributed by atoms with Gasteiger partial charge in [-0.05, 0) is 42.5 Å². The zero-order valence-corrected chi connectivity index (χ0v) is 15.7. The van der Waals surface area contributed by atoms with Gasteiger partial charge in [0.25, 0.3) is 5.91 Å². The Morgan fingerprint density at radius 1 is 1.04 bits per heavy atom. The molecule has 0 saturated carbocycles. The van der Waals surface area contributed by atoms with E-state index >= 15 is 0 Å². The first-order chi connectivity index (χ1) is 12.3. The first-order valence-electron chi connectivity index (χ1n) is 8.05. The first-order valence-corrected chi connectivity index (χ1v) is 10.3. The first kappa shape index (κ1) is 18.7. The summed E-state index contributed by atoms with van der Waals surface area (Å²) in [4.78, 5) is 16.0. The second-order valence-corrected chi connectivity index (χ2v) is 8.62. The highest BCUT2D eigenvalue weighted by atomic mass is 35.5. The highest BCUT2D eigenvalue weighted by Gasteiger charge is 2.24. The summed E-state index contributed by atoms with van der Waals surface area (Å²) in [5, 5.41) is 0.569. The Hall–Kier alpha value is -2.12. The summed E-state index contributed by atoms with van der Waals surface area (Å²) < 4.78 is 37.4. The van der Waals surface area contributed by atoms with Crippen molar-refractivity contribution in [1.29, 1.82) is 0 Å². The molecule has 1 heterocycles. The van der Waals surface area contributed by atoms with Gasteiger partial charge in [-0.25, -0.2) is 12.8 Å². The number of hydrogen-bond acceptors (Lipinski definition) is 4. The number of rotatable bonds is 3. The van der Waals surface area contributed by atoms with Gasteiger partial charge in [0.05, 0.1) is 10.6 Å². The number of benzene rings is 2. The van der Waals surface area contributed by atoms with Crippen molar-refractivity contribution in [2.45, 2.75) is 4.90 Å². The van der Waals surface area contributed by atoms with Gasteiger partial charge in [-0.2, -0.15) is 0 Å². The molecule has 26 heavy (non-hydrogen) atoms. The van der Waals surface area contributed by atoms with E-state index in [1.54, 1.807) is 29.2 Å². The van der Waals surface area contributed by atoms with Crippen LogP contribution >= 0.6 is 11.6 Å². The summed E-state index contributed by atoms with van der Waals surface area (Å²) in [5.74, 6) is -0.667. The number of carbonyl (C=O) groups is 1. The van der Waals surface area contributed by atoms with Crippen molar-refractivity contribution in [3.63, 3.8) is 0 Å². The van der Waals surface area contributed by atoms with Gasteiger partial charge < -0.3 is 9.80 Å². The van der Waals surface area contributed by atoms with Gasteiger partial charge in [-0.3, -0.25) is 4.79 Å². The predicted octanol–water partition coefficient (Wildman–Crippen LogP) is 2.85. The van der Waals surface area contributed by atoms with Crippen LogP contribution in [0.4, 0.5) is 10.1 Å². The van der Waals surface area contributed by atoms with Crippen molar-refractivity contribution in [3.8, 4) is 0 Å². The van der Waals surface area contributed by atoms with Crippen molar-refractivity contribution < 1.29 is 17.6 Å². The van der Waals surface area contributed by atoms with Crippen LogP contribution in [0.2, 0.25) is 5.02 Å². The lowest BCUT2D eigenvalue weighted by molar-refractivity contribution is 0.0746. The number of piperazine rings is 1. The smallest absolute Gasteiger partial charge is 0.253 e. The molecule has 0 bridgehead atoms.